The number of rotatable bonds is 8. The normalized spacial score (nSPS) is 39.5. The zero-order chi connectivity index (χ0) is 17.9. The topological polar surface area (TPSA) is 94.5 Å². The van der Waals surface area contributed by atoms with Crippen LogP contribution >= 0.6 is 7.82 Å². The summed E-state index contributed by atoms with van der Waals surface area (Å²) in [6.45, 7) is 7.87. The molecular weight excluding hydrogens is 335 g/mol. The molecule has 0 spiro atoms. The predicted molar refractivity (Wildman–Crippen MR) is 88.6 cm³/mol. The van der Waals surface area contributed by atoms with Crippen LogP contribution in [0.4, 0.5) is 0 Å². The lowest BCUT2D eigenvalue weighted by molar-refractivity contribution is -0.0324. The summed E-state index contributed by atoms with van der Waals surface area (Å²) >= 11 is 0. The molecule has 7 nitrogen and oxygen atoms in total. The van der Waals surface area contributed by atoms with Crippen molar-refractivity contribution in [3.05, 3.63) is 0 Å². The second-order valence-corrected chi connectivity index (χ2v) is 8.67. The summed E-state index contributed by atoms with van der Waals surface area (Å²) in [4.78, 5) is 10.0. The van der Waals surface area contributed by atoms with Crippen LogP contribution in [0.2, 0.25) is 0 Å². The molecule has 2 aliphatic heterocycles. The van der Waals surface area contributed by atoms with E-state index in [0.29, 0.717) is 18.8 Å². The van der Waals surface area contributed by atoms with E-state index in [4.69, 9.17) is 18.5 Å². The van der Waals surface area contributed by atoms with Gasteiger partial charge in [-0.15, -0.1) is 0 Å². The van der Waals surface area contributed by atoms with Crippen molar-refractivity contribution in [2.45, 2.75) is 90.0 Å². The van der Waals surface area contributed by atoms with E-state index in [-0.39, 0.29) is 24.9 Å². The Kier molecular flexibility index (Phi) is 7.26. The average Bonchev–Trinajstić information content (AvgIpc) is 2.98. The van der Waals surface area contributed by atoms with Gasteiger partial charge < -0.3 is 19.5 Å². The second kappa shape index (κ2) is 8.58. The van der Waals surface area contributed by atoms with Crippen molar-refractivity contribution in [2.24, 2.45) is 5.92 Å². The van der Waals surface area contributed by atoms with Crippen LogP contribution in [0.3, 0.4) is 0 Å². The smallest absolute Gasteiger partial charge is 0.390 e. The third-order valence-corrected chi connectivity index (χ3v) is 5.53. The molecule has 0 radical (unpaired) electrons. The number of phosphoric acid groups is 1. The number of hydrogen-bond donors (Lipinski definition) is 2. The van der Waals surface area contributed by atoms with E-state index in [9.17, 15) is 14.6 Å². The van der Waals surface area contributed by atoms with Crippen LogP contribution < -0.4 is 0 Å². The van der Waals surface area contributed by atoms with E-state index in [1.165, 1.54) is 0 Å². The molecule has 0 saturated carbocycles. The molecule has 24 heavy (non-hydrogen) atoms. The van der Waals surface area contributed by atoms with E-state index in [1.54, 1.807) is 0 Å². The van der Waals surface area contributed by atoms with Gasteiger partial charge in [-0.05, 0) is 25.7 Å². The van der Waals surface area contributed by atoms with E-state index < -0.39 is 26.1 Å². The second-order valence-electron chi connectivity index (χ2n) is 7.27. The van der Waals surface area contributed by atoms with Crippen molar-refractivity contribution in [1.82, 2.24) is 0 Å². The zero-order valence-corrected chi connectivity index (χ0v) is 15.9. The molecule has 7 atom stereocenters. The van der Waals surface area contributed by atoms with Crippen molar-refractivity contribution in [2.75, 3.05) is 6.61 Å². The van der Waals surface area contributed by atoms with E-state index >= 15 is 0 Å². The molecular formula is C16H31O7P. The Bertz CT molecular complexity index is 444. The number of hydrogen-bond acceptors (Lipinski definition) is 6. The Morgan fingerprint density at radius 3 is 2.54 bits per heavy atom. The Balaban J connectivity index is 1.85. The Morgan fingerprint density at radius 2 is 1.96 bits per heavy atom. The molecule has 2 saturated heterocycles. The van der Waals surface area contributed by atoms with Crippen LogP contribution in [0, 0.1) is 5.92 Å². The first kappa shape index (κ1) is 20.3. The van der Waals surface area contributed by atoms with Gasteiger partial charge in [0.15, 0.2) is 0 Å². The average molecular weight is 366 g/mol. The summed E-state index contributed by atoms with van der Waals surface area (Å²) in [7, 11) is -4.23. The summed E-state index contributed by atoms with van der Waals surface area (Å²) in [5, 5.41) is 9.91. The van der Waals surface area contributed by atoms with Crippen LogP contribution in [0.1, 0.15) is 53.4 Å². The van der Waals surface area contributed by atoms with Gasteiger partial charge in [0.05, 0.1) is 37.1 Å². The lowest BCUT2D eigenvalue weighted by atomic mass is 10.0. The third kappa shape index (κ3) is 5.77. The summed E-state index contributed by atoms with van der Waals surface area (Å²) in [6.07, 6.45) is 0.640. The van der Waals surface area contributed by atoms with Gasteiger partial charge in [0, 0.05) is 12.8 Å². The molecule has 0 amide bonds. The molecule has 2 rings (SSSR count). The summed E-state index contributed by atoms with van der Waals surface area (Å²) < 4.78 is 34.0. The molecule has 142 valence electrons. The summed E-state index contributed by atoms with van der Waals surface area (Å²) in [5.41, 5.74) is 0. The quantitative estimate of drug-likeness (QED) is 0.638. The van der Waals surface area contributed by atoms with Crippen molar-refractivity contribution in [1.29, 1.82) is 0 Å². The largest absolute Gasteiger partial charge is 0.472 e. The van der Waals surface area contributed by atoms with Crippen LogP contribution in [-0.4, -0.2) is 53.2 Å². The highest BCUT2D eigenvalue weighted by atomic mass is 31.2. The fraction of sp³-hybridized carbons (Fsp3) is 1.00. The predicted octanol–water partition coefficient (Wildman–Crippen LogP) is 2.64. The molecule has 0 bridgehead atoms. The maximum Gasteiger partial charge on any atom is 0.472 e. The lowest BCUT2D eigenvalue weighted by Crippen LogP contribution is -2.28. The molecule has 0 aliphatic carbocycles. The first-order valence-electron chi connectivity index (χ1n) is 8.84. The third-order valence-electron chi connectivity index (χ3n) is 4.52. The number of phosphoric ester groups is 1. The minimum Gasteiger partial charge on any atom is -0.390 e. The van der Waals surface area contributed by atoms with Gasteiger partial charge >= 0.3 is 7.82 Å². The molecule has 0 aromatic heterocycles. The molecule has 2 aliphatic rings. The maximum atomic E-state index is 12.2. The summed E-state index contributed by atoms with van der Waals surface area (Å²) in [6, 6.07) is 0. The Hall–Kier alpha value is -0.0100. The van der Waals surface area contributed by atoms with Gasteiger partial charge in [0.2, 0.25) is 0 Å². The van der Waals surface area contributed by atoms with Crippen LogP contribution in [0.25, 0.3) is 0 Å². The van der Waals surface area contributed by atoms with E-state index in [0.717, 1.165) is 12.8 Å². The SMILES string of the molecule is CC[C@H]1C[C@H](O)[C@@H](COP(=O)(O)O[C@H]2C[C@H](C)O[C@@H]2CC(C)C)O1. The number of aliphatic hydroxyl groups excluding tert-OH is 1. The van der Waals surface area contributed by atoms with Crippen molar-refractivity contribution in [3.63, 3.8) is 0 Å². The maximum absolute atomic E-state index is 12.2. The monoisotopic (exact) mass is 366 g/mol. The van der Waals surface area contributed by atoms with Crippen molar-refractivity contribution in [3.8, 4) is 0 Å². The number of ether oxygens (including phenoxy) is 2. The first-order chi connectivity index (χ1) is 11.2. The van der Waals surface area contributed by atoms with Crippen molar-refractivity contribution < 1.29 is 33.1 Å². The van der Waals surface area contributed by atoms with E-state index in [2.05, 4.69) is 13.8 Å². The van der Waals surface area contributed by atoms with Crippen LogP contribution in [0.5, 0.6) is 0 Å². The zero-order valence-electron chi connectivity index (χ0n) is 15.0. The summed E-state index contributed by atoms with van der Waals surface area (Å²) in [5.74, 6) is 0.401. The van der Waals surface area contributed by atoms with Gasteiger partial charge in [-0.1, -0.05) is 20.8 Å². The van der Waals surface area contributed by atoms with Gasteiger partial charge in [-0.2, -0.15) is 0 Å². The minimum absolute atomic E-state index is 0.0101. The Morgan fingerprint density at radius 1 is 1.25 bits per heavy atom. The molecule has 2 fully saturated rings. The van der Waals surface area contributed by atoms with Crippen LogP contribution in [-0.2, 0) is 23.1 Å². The van der Waals surface area contributed by atoms with Gasteiger partial charge in [-0.25, -0.2) is 4.57 Å². The van der Waals surface area contributed by atoms with Gasteiger partial charge in [-0.3, -0.25) is 9.05 Å². The number of aliphatic hydroxyl groups is 1. The fourth-order valence-electron chi connectivity index (χ4n) is 3.30. The van der Waals surface area contributed by atoms with Crippen molar-refractivity contribution >= 4 is 7.82 Å². The first-order valence-corrected chi connectivity index (χ1v) is 10.3. The molecule has 2 N–H and O–H groups in total. The minimum atomic E-state index is -4.23. The highest BCUT2D eigenvalue weighted by Crippen LogP contribution is 2.48. The highest BCUT2D eigenvalue weighted by molar-refractivity contribution is 7.47. The molecule has 1 unspecified atom stereocenters. The van der Waals surface area contributed by atoms with E-state index in [1.807, 2.05) is 13.8 Å². The highest BCUT2D eigenvalue weighted by Gasteiger charge is 2.41. The lowest BCUT2D eigenvalue weighted by Gasteiger charge is -2.23. The van der Waals surface area contributed by atoms with Crippen LogP contribution in [0.15, 0.2) is 0 Å². The molecule has 0 aromatic rings. The Labute approximate surface area is 144 Å². The fourth-order valence-corrected chi connectivity index (χ4v) is 4.26. The molecule has 0 aromatic carbocycles. The van der Waals surface area contributed by atoms with Gasteiger partial charge in [0.1, 0.15) is 6.10 Å². The molecule has 2 heterocycles. The molecule has 8 heteroatoms. The standard InChI is InChI=1S/C16H31O7P/c1-5-12-8-13(17)16(22-12)9-20-24(18,19)23-15-7-11(4)21-14(15)6-10(2)3/h10-17H,5-9H2,1-4H3,(H,18,19)/t11-,12-,13-,14+,15-,16+/m0/s1. The van der Waals surface area contributed by atoms with Gasteiger partial charge in [0.25, 0.3) is 0 Å².